The number of rotatable bonds is 7. The molecule has 0 saturated carbocycles. The number of hydrogen-bond acceptors (Lipinski definition) is 4. The van der Waals surface area contributed by atoms with Crippen LogP contribution in [0.4, 0.5) is 5.69 Å². The maximum Gasteiger partial charge on any atom is 0.253 e. The van der Waals surface area contributed by atoms with E-state index in [1.165, 1.54) is 0 Å². The molecule has 1 heterocycles. The highest BCUT2D eigenvalue weighted by atomic mass is 79.9. The molecule has 0 unspecified atom stereocenters. The molecule has 5 nitrogen and oxygen atoms in total. The number of carbonyl (C=O) groups excluding carboxylic acids is 1. The van der Waals surface area contributed by atoms with Gasteiger partial charge in [0.2, 0.25) is 0 Å². The fraction of sp³-hybridized carbons (Fsp3) is 0.267. The maximum atomic E-state index is 12.0. The Morgan fingerprint density at radius 2 is 2.24 bits per heavy atom. The minimum absolute atomic E-state index is 0.181. The number of anilines is 1. The molecule has 1 aromatic carbocycles. The van der Waals surface area contributed by atoms with Crippen LogP contribution in [0.15, 0.2) is 45.5 Å². The first-order valence-corrected chi connectivity index (χ1v) is 7.39. The Morgan fingerprint density at radius 3 is 3.00 bits per heavy atom. The first kappa shape index (κ1) is 15.6. The Labute approximate surface area is 131 Å². The third-order valence-corrected chi connectivity index (χ3v) is 3.33. The third-order valence-electron chi connectivity index (χ3n) is 2.84. The number of benzene rings is 1. The van der Waals surface area contributed by atoms with Gasteiger partial charge in [-0.05, 0) is 36.8 Å². The van der Waals surface area contributed by atoms with Crippen molar-refractivity contribution in [3.63, 3.8) is 0 Å². The zero-order valence-electron chi connectivity index (χ0n) is 11.5. The van der Waals surface area contributed by atoms with Crippen molar-refractivity contribution in [2.75, 3.05) is 18.9 Å². The second-order valence-electron chi connectivity index (χ2n) is 4.47. The number of hydrogen-bond donors (Lipinski definition) is 2. The summed E-state index contributed by atoms with van der Waals surface area (Å²) in [5, 5.41) is 2.82. The Kier molecular flexibility index (Phi) is 5.83. The van der Waals surface area contributed by atoms with Crippen LogP contribution in [0.2, 0.25) is 0 Å². The molecule has 1 aromatic heterocycles. The average Bonchev–Trinajstić information content (AvgIpc) is 2.98. The van der Waals surface area contributed by atoms with Gasteiger partial charge in [0, 0.05) is 23.3 Å². The molecule has 0 aliphatic rings. The van der Waals surface area contributed by atoms with Crippen molar-refractivity contribution in [1.82, 2.24) is 5.32 Å². The summed E-state index contributed by atoms with van der Waals surface area (Å²) in [6.07, 6.45) is 2.33. The summed E-state index contributed by atoms with van der Waals surface area (Å²) >= 11 is 3.32. The molecule has 2 rings (SSSR count). The lowest BCUT2D eigenvalue weighted by Crippen LogP contribution is -2.26. The van der Waals surface area contributed by atoms with E-state index in [0.29, 0.717) is 31.0 Å². The van der Waals surface area contributed by atoms with E-state index in [-0.39, 0.29) is 5.91 Å². The standard InChI is InChI=1S/C15H17BrN2O3/c16-11-4-5-14(17)13(9-11)15(19)18-6-2-7-20-10-12-3-1-8-21-12/h1,3-5,8-9H,2,6-7,10,17H2,(H,18,19). The molecule has 0 aliphatic heterocycles. The van der Waals surface area contributed by atoms with E-state index in [1.54, 1.807) is 24.5 Å². The van der Waals surface area contributed by atoms with E-state index in [1.807, 2.05) is 12.1 Å². The molecule has 0 atom stereocenters. The van der Waals surface area contributed by atoms with Crippen LogP contribution in [-0.2, 0) is 11.3 Å². The van der Waals surface area contributed by atoms with Gasteiger partial charge in [-0.15, -0.1) is 0 Å². The smallest absolute Gasteiger partial charge is 0.253 e. The second kappa shape index (κ2) is 7.85. The van der Waals surface area contributed by atoms with Crippen molar-refractivity contribution in [2.45, 2.75) is 13.0 Å². The fourth-order valence-electron chi connectivity index (χ4n) is 1.76. The van der Waals surface area contributed by atoms with Crippen LogP contribution >= 0.6 is 15.9 Å². The molecule has 112 valence electrons. The van der Waals surface area contributed by atoms with E-state index >= 15 is 0 Å². The highest BCUT2D eigenvalue weighted by Gasteiger charge is 2.09. The van der Waals surface area contributed by atoms with Gasteiger partial charge < -0.3 is 20.2 Å². The molecule has 21 heavy (non-hydrogen) atoms. The summed E-state index contributed by atoms with van der Waals surface area (Å²) in [6.45, 7) is 1.53. The van der Waals surface area contributed by atoms with E-state index in [4.69, 9.17) is 14.9 Å². The highest BCUT2D eigenvalue weighted by Crippen LogP contribution is 2.18. The third kappa shape index (κ3) is 4.91. The molecule has 0 fully saturated rings. The summed E-state index contributed by atoms with van der Waals surface area (Å²) in [7, 11) is 0. The first-order chi connectivity index (χ1) is 10.2. The number of ether oxygens (including phenoxy) is 1. The number of amides is 1. The van der Waals surface area contributed by atoms with Gasteiger partial charge in [0.05, 0.1) is 11.8 Å². The molecule has 0 saturated heterocycles. The largest absolute Gasteiger partial charge is 0.467 e. The summed E-state index contributed by atoms with van der Waals surface area (Å²) in [6, 6.07) is 8.89. The van der Waals surface area contributed by atoms with Crippen molar-refractivity contribution < 1.29 is 13.9 Å². The van der Waals surface area contributed by atoms with Gasteiger partial charge in [0.15, 0.2) is 0 Å². The SMILES string of the molecule is Nc1ccc(Br)cc1C(=O)NCCCOCc1ccco1. The number of carbonyl (C=O) groups is 1. The molecule has 1 amide bonds. The lowest BCUT2D eigenvalue weighted by Gasteiger charge is -2.08. The molecule has 0 aliphatic carbocycles. The van der Waals surface area contributed by atoms with Crippen molar-refractivity contribution in [1.29, 1.82) is 0 Å². The van der Waals surface area contributed by atoms with Gasteiger partial charge >= 0.3 is 0 Å². The molecule has 3 N–H and O–H groups in total. The van der Waals surface area contributed by atoms with E-state index in [9.17, 15) is 4.79 Å². The van der Waals surface area contributed by atoms with Crippen LogP contribution in [-0.4, -0.2) is 19.1 Å². The van der Waals surface area contributed by atoms with E-state index in [2.05, 4.69) is 21.2 Å². The predicted octanol–water partition coefficient (Wildman–Crippen LogP) is 2.96. The van der Waals surface area contributed by atoms with Gasteiger partial charge in [-0.25, -0.2) is 0 Å². The maximum absolute atomic E-state index is 12.0. The van der Waals surface area contributed by atoms with Gasteiger partial charge in [0.25, 0.3) is 5.91 Å². The Bertz CT molecular complexity index is 585. The number of nitrogen functional groups attached to an aromatic ring is 1. The van der Waals surface area contributed by atoms with Crippen molar-refractivity contribution in [3.8, 4) is 0 Å². The monoisotopic (exact) mass is 352 g/mol. The molecular weight excluding hydrogens is 336 g/mol. The van der Waals surface area contributed by atoms with Gasteiger partial charge in [-0.1, -0.05) is 15.9 Å². The van der Waals surface area contributed by atoms with E-state index in [0.717, 1.165) is 16.7 Å². The van der Waals surface area contributed by atoms with Crippen LogP contribution in [0.5, 0.6) is 0 Å². The molecule has 2 aromatic rings. The van der Waals surface area contributed by atoms with Crippen LogP contribution in [0.1, 0.15) is 22.5 Å². The second-order valence-corrected chi connectivity index (χ2v) is 5.39. The van der Waals surface area contributed by atoms with Gasteiger partial charge in [0.1, 0.15) is 12.4 Å². The quantitative estimate of drug-likeness (QED) is 0.593. The van der Waals surface area contributed by atoms with Crippen LogP contribution in [0, 0.1) is 0 Å². The minimum Gasteiger partial charge on any atom is -0.467 e. The molecule has 0 radical (unpaired) electrons. The zero-order chi connectivity index (χ0) is 15.1. The average molecular weight is 353 g/mol. The number of nitrogens with one attached hydrogen (secondary N) is 1. The molecule has 0 bridgehead atoms. The zero-order valence-corrected chi connectivity index (χ0v) is 13.1. The number of halogens is 1. The molecular formula is C15H17BrN2O3. The molecule has 0 spiro atoms. The lowest BCUT2D eigenvalue weighted by atomic mass is 10.1. The van der Waals surface area contributed by atoms with Gasteiger partial charge in [-0.3, -0.25) is 4.79 Å². The van der Waals surface area contributed by atoms with Crippen LogP contribution < -0.4 is 11.1 Å². The fourth-order valence-corrected chi connectivity index (χ4v) is 2.13. The van der Waals surface area contributed by atoms with Crippen molar-refractivity contribution in [3.05, 3.63) is 52.4 Å². The highest BCUT2D eigenvalue weighted by molar-refractivity contribution is 9.10. The Hall–Kier alpha value is -1.79. The van der Waals surface area contributed by atoms with Gasteiger partial charge in [-0.2, -0.15) is 0 Å². The number of furan rings is 1. The Morgan fingerprint density at radius 1 is 1.38 bits per heavy atom. The van der Waals surface area contributed by atoms with Crippen molar-refractivity contribution in [2.24, 2.45) is 0 Å². The summed E-state index contributed by atoms with van der Waals surface area (Å²) in [5.41, 5.74) is 6.72. The molecule has 6 heteroatoms. The summed E-state index contributed by atoms with van der Waals surface area (Å²) in [5.74, 6) is 0.612. The normalized spacial score (nSPS) is 10.5. The van der Waals surface area contributed by atoms with Crippen LogP contribution in [0.3, 0.4) is 0 Å². The van der Waals surface area contributed by atoms with Crippen LogP contribution in [0.25, 0.3) is 0 Å². The predicted molar refractivity (Wildman–Crippen MR) is 83.9 cm³/mol. The topological polar surface area (TPSA) is 77.5 Å². The minimum atomic E-state index is -0.181. The summed E-state index contributed by atoms with van der Waals surface area (Å²) in [4.78, 5) is 12.0. The Balaban J connectivity index is 1.66. The summed E-state index contributed by atoms with van der Waals surface area (Å²) < 4.78 is 11.4. The number of nitrogens with two attached hydrogens (primary N) is 1. The lowest BCUT2D eigenvalue weighted by molar-refractivity contribution is 0.0917. The first-order valence-electron chi connectivity index (χ1n) is 6.60. The van der Waals surface area contributed by atoms with Crippen molar-refractivity contribution >= 4 is 27.5 Å². The van der Waals surface area contributed by atoms with E-state index < -0.39 is 0 Å².